The van der Waals surface area contributed by atoms with Crippen LogP contribution in [0.15, 0.2) is 40.9 Å². The van der Waals surface area contributed by atoms with Gasteiger partial charge in [-0.05, 0) is 64.9 Å². The highest BCUT2D eigenvalue weighted by atomic mass is 79.9. The minimum absolute atomic E-state index is 0.0778. The molecule has 0 unspecified atom stereocenters. The van der Waals surface area contributed by atoms with E-state index in [9.17, 15) is 20.2 Å². The van der Waals surface area contributed by atoms with E-state index >= 15 is 0 Å². The minimum Gasteiger partial charge on any atom is -0.258 e. The molecular formula is C29H40BrN3O4. The van der Waals surface area contributed by atoms with Crippen LogP contribution in [0.1, 0.15) is 108 Å². The van der Waals surface area contributed by atoms with E-state index in [0.29, 0.717) is 4.47 Å². The molecule has 2 rings (SSSR count). The lowest BCUT2D eigenvalue weighted by atomic mass is 10.0. The van der Waals surface area contributed by atoms with E-state index < -0.39 is 4.92 Å². The fourth-order valence-corrected chi connectivity index (χ4v) is 4.44. The third-order valence-corrected chi connectivity index (χ3v) is 6.90. The van der Waals surface area contributed by atoms with Gasteiger partial charge in [-0.15, -0.1) is 0 Å². The van der Waals surface area contributed by atoms with Gasteiger partial charge in [0.25, 0.3) is 11.4 Å². The molecule has 0 saturated heterocycles. The van der Waals surface area contributed by atoms with Crippen LogP contribution in [0.25, 0.3) is 0 Å². The number of benzene rings is 2. The second kappa shape index (κ2) is 19.3. The van der Waals surface area contributed by atoms with Gasteiger partial charge in [-0.25, -0.2) is 0 Å². The molecule has 0 atom stereocenters. The predicted molar refractivity (Wildman–Crippen MR) is 153 cm³/mol. The molecule has 0 aliphatic carbocycles. The van der Waals surface area contributed by atoms with Gasteiger partial charge in [0.05, 0.1) is 14.3 Å². The maximum absolute atomic E-state index is 10.8. The molecule has 2 aromatic rings. The molecule has 0 bridgehead atoms. The van der Waals surface area contributed by atoms with Crippen LogP contribution >= 0.6 is 15.9 Å². The molecule has 37 heavy (non-hydrogen) atoms. The molecule has 0 saturated carbocycles. The van der Waals surface area contributed by atoms with Crippen LogP contribution in [0.5, 0.6) is 0 Å². The van der Waals surface area contributed by atoms with Gasteiger partial charge < -0.3 is 0 Å². The number of nitrogens with zero attached hydrogens (tertiary/aromatic N) is 3. The first-order valence-electron chi connectivity index (χ1n) is 13.4. The number of unbranched alkanes of at least 4 members (excludes halogenated alkanes) is 10. The molecular weight excluding hydrogens is 534 g/mol. The summed E-state index contributed by atoms with van der Waals surface area (Å²) in [7, 11) is 0. The summed E-state index contributed by atoms with van der Waals surface area (Å²) in [4.78, 5) is 20.8. The van der Waals surface area contributed by atoms with Gasteiger partial charge in [-0.2, -0.15) is 5.26 Å². The molecule has 0 amide bonds. The third-order valence-electron chi connectivity index (χ3n) is 6.22. The van der Waals surface area contributed by atoms with Crippen molar-refractivity contribution in [2.45, 2.75) is 104 Å². The zero-order valence-corrected chi connectivity index (χ0v) is 23.8. The molecule has 0 N–H and O–H groups in total. The van der Waals surface area contributed by atoms with Crippen LogP contribution in [0.4, 0.5) is 11.4 Å². The Morgan fingerprint density at radius 3 is 1.59 bits per heavy atom. The molecule has 2 aromatic carbocycles. The van der Waals surface area contributed by atoms with Gasteiger partial charge in [0.2, 0.25) is 0 Å². The maximum Gasteiger partial charge on any atom is 0.287 e. The molecule has 0 aliphatic heterocycles. The van der Waals surface area contributed by atoms with Crippen molar-refractivity contribution >= 4 is 27.3 Å². The molecule has 0 fully saturated rings. The third kappa shape index (κ3) is 13.4. The molecule has 0 heterocycles. The molecule has 8 heteroatoms. The average Bonchev–Trinajstić information content (AvgIpc) is 2.89. The SMILES string of the molecule is CCCCCCCCc1ccc(Br)c([N+](=O)[O-])c1.CCCCCCCCc1ccc(C#N)c([N+](=O)[O-])c1. The molecule has 0 radical (unpaired) electrons. The molecule has 7 nitrogen and oxygen atoms in total. The van der Waals surface area contributed by atoms with E-state index in [1.165, 1.54) is 63.9 Å². The van der Waals surface area contributed by atoms with Crippen molar-refractivity contribution in [2.24, 2.45) is 0 Å². The fourth-order valence-electron chi connectivity index (χ4n) is 4.05. The fraction of sp³-hybridized carbons (Fsp3) is 0.552. The first kappa shape index (κ1) is 32.2. The first-order valence-corrected chi connectivity index (χ1v) is 14.2. The van der Waals surface area contributed by atoms with Crippen molar-refractivity contribution in [3.8, 4) is 6.07 Å². The first-order chi connectivity index (χ1) is 17.8. The number of nitro benzene ring substituents is 2. The van der Waals surface area contributed by atoms with Crippen molar-refractivity contribution in [1.29, 1.82) is 5.26 Å². The number of hydrogen-bond donors (Lipinski definition) is 0. The Balaban J connectivity index is 0.000000371. The topological polar surface area (TPSA) is 110 Å². The predicted octanol–water partition coefficient (Wildman–Crippen LogP) is 9.63. The lowest BCUT2D eigenvalue weighted by molar-refractivity contribution is -0.385. The highest BCUT2D eigenvalue weighted by Crippen LogP contribution is 2.26. The Hall–Kier alpha value is -2.79. The second-order valence-corrected chi connectivity index (χ2v) is 10.2. The summed E-state index contributed by atoms with van der Waals surface area (Å²) in [5, 5.41) is 30.4. The number of aryl methyl sites for hydroxylation is 2. The number of nitro groups is 2. The van der Waals surface area contributed by atoms with E-state index in [-0.39, 0.29) is 21.9 Å². The Morgan fingerprint density at radius 1 is 0.703 bits per heavy atom. The Labute approximate surface area is 229 Å². The van der Waals surface area contributed by atoms with Crippen molar-refractivity contribution < 1.29 is 9.85 Å². The van der Waals surface area contributed by atoms with Crippen LogP contribution < -0.4 is 0 Å². The number of halogens is 1. The summed E-state index contributed by atoms with van der Waals surface area (Å²) in [6.07, 6.45) is 16.5. The van der Waals surface area contributed by atoms with Gasteiger partial charge in [0.1, 0.15) is 11.6 Å². The van der Waals surface area contributed by atoms with Gasteiger partial charge in [-0.3, -0.25) is 20.2 Å². The van der Waals surface area contributed by atoms with E-state index in [1.54, 1.807) is 18.2 Å². The highest BCUT2D eigenvalue weighted by Gasteiger charge is 2.14. The van der Waals surface area contributed by atoms with Crippen LogP contribution in [0, 0.1) is 31.6 Å². The van der Waals surface area contributed by atoms with Crippen LogP contribution in [-0.4, -0.2) is 9.85 Å². The van der Waals surface area contributed by atoms with E-state index in [4.69, 9.17) is 5.26 Å². The smallest absolute Gasteiger partial charge is 0.258 e. The average molecular weight is 575 g/mol. The summed E-state index contributed by atoms with van der Waals surface area (Å²) in [5.41, 5.74) is 2.22. The Bertz CT molecular complexity index is 1020. The van der Waals surface area contributed by atoms with Crippen LogP contribution in [0.2, 0.25) is 0 Å². The summed E-state index contributed by atoms with van der Waals surface area (Å²) >= 11 is 3.20. The van der Waals surface area contributed by atoms with E-state index in [1.807, 2.05) is 18.2 Å². The van der Waals surface area contributed by atoms with E-state index in [2.05, 4.69) is 29.8 Å². The summed E-state index contributed by atoms with van der Waals surface area (Å²) in [6, 6.07) is 12.2. The zero-order valence-electron chi connectivity index (χ0n) is 22.2. The molecule has 202 valence electrons. The lowest BCUT2D eigenvalue weighted by Gasteiger charge is -2.03. The van der Waals surface area contributed by atoms with Crippen LogP contribution in [0.3, 0.4) is 0 Å². The van der Waals surface area contributed by atoms with Crippen molar-refractivity contribution in [3.05, 3.63) is 77.8 Å². The number of nitriles is 1. The summed E-state index contributed by atoms with van der Waals surface area (Å²) in [6.45, 7) is 4.40. The van der Waals surface area contributed by atoms with Crippen molar-refractivity contribution in [3.63, 3.8) is 0 Å². The standard InChI is InChI=1S/C15H20N2O2.C14H20BrNO2/c1-2-3-4-5-6-7-8-13-9-10-14(12-16)15(11-13)17(18)19;1-2-3-4-5-6-7-8-12-9-10-13(15)14(11-12)16(17)18/h9-11H,2-8H2,1H3;9-11H,2-8H2,1H3. The summed E-state index contributed by atoms with van der Waals surface area (Å²) < 4.78 is 0.555. The summed E-state index contributed by atoms with van der Waals surface area (Å²) in [5.74, 6) is 0. The van der Waals surface area contributed by atoms with Crippen molar-refractivity contribution in [2.75, 3.05) is 0 Å². The zero-order chi connectivity index (χ0) is 27.5. The van der Waals surface area contributed by atoms with Gasteiger partial charge in [-0.1, -0.05) is 90.2 Å². The van der Waals surface area contributed by atoms with Crippen molar-refractivity contribution in [1.82, 2.24) is 0 Å². The lowest BCUT2D eigenvalue weighted by Crippen LogP contribution is -1.95. The second-order valence-electron chi connectivity index (χ2n) is 9.30. The monoisotopic (exact) mass is 573 g/mol. The molecule has 0 aromatic heterocycles. The Kier molecular flexibility index (Phi) is 16.9. The van der Waals surface area contributed by atoms with Gasteiger partial charge >= 0.3 is 0 Å². The van der Waals surface area contributed by atoms with Gasteiger partial charge in [0.15, 0.2) is 0 Å². The molecule has 0 spiro atoms. The highest BCUT2D eigenvalue weighted by molar-refractivity contribution is 9.10. The van der Waals surface area contributed by atoms with Gasteiger partial charge in [0, 0.05) is 12.1 Å². The van der Waals surface area contributed by atoms with Crippen LogP contribution in [-0.2, 0) is 12.8 Å². The minimum atomic E-state index is -0.483. The number of rotatable bonds is 16. The quantitative estimate of drug-likeness (QED) is 0.113. The molecule has 0 aliphatic rings. The largest absolute Gasteiger partial charge is 0.287 e. The maximum atomic E-state index is 10.8. The van der Waals surface area contributed by atoms with E-state index in [0.717, 1.165) is 43.2 Å². The number of hydrogen-bond acceptors (Lipinski definition) is 5. The Morgan fingerprint density at radius 2 is 1.14 bits per heavy atom. The normalized spacial score (nSPS) is 10.3.